The average molecular weight is 338 g/mol. The molecule has 7 heteroatoms. The Balaban J connectivity index is 0.00000192. The number of hydrogen-bond acceptors (Lipinski definition) is 3. The number of piperazine rings is 1. The molecule has 1 aliphatic rings. The molecule has 0 spiro atoms. The number of nitrogens with one attached hydrogen (secondary N) is 2. The molecule has 1 saturated heterocycles. The number of halogens is 2. The standard InChI is InChI=1S/C16H16FN3O2.ClH/c17-13-3-1-2-11(8-13)14-10-18-6-7-20(14)16(22)12-4-5-19-15(21)9-12;/h1-5,8-9,14,18H,6-7,10H2,(H,19,21);1H. The molecule has 5 nitrogen and oxygen atoms in total. The van der Waals surface area contributed by atoms with Crippen LogP contribution >= 0.6 is 12.4 Å². The van der Waals surface area contributed by atoms with Crippen molar-refractivity contribution >= 4 is 18.3 Å². The van der Waals surface area contributed by atoms with Gasteiger partial charge in [0.05, 0.1) is 6.04 Å². The van der Waals surface area contributed by atoms with E-state index in [0.717, 1.165) is 5.56 Å². The molecule has 1 unspecified atom stereocenters. The van der Waals surface area contributed by atoms with Crippen molar-refractivity contribution in [2.75, 3.05) is 19.6 Å². The Morgan fingerprint density at radius 3 is 2.83 bits per heavy atom. The average Bonchev–Trinajstić information content (AvgIpc) is 2.54. The molecule has 1 aromatic carbocycles. The lowest BCUT2D eigenvalue weighted by molar-refractivity contribution is 0.0633. The van der Waals surface area contributed by atoms with E-state index in [1.54, 1.807) is 23.1 Å². The summed E-state index contributed by atoms with van der Waals surface area (Å²) in [4.78, 5) is 28.2. The van der Waals surface area contributed by atoms with E-state index in [1.165, 1.54) is 24.4 Å². The van der Waals surface area contributed by atoms with Crippen LogP contribution in [0.5, 0.6) is 0 Å². The maximum atomic E-state index is 13.5. The number of hydrogen-bond donors (Lipinski definition) is 2. The topological polar surface area (TPSA) is 65.2 Å². The van der Waals surface area contributed by atoms with Gasteiger partial charge in [-0.15, -0.1) is 12.4 Å². The van der Waals surface area contributed by atoms with Gasteiger partial charge in [-0.2, -0.15) is 0 Å². The summed E-state index contributed by atoms with van der Waals surface area (Å²) in [6, 6.07) is 8.87. The highest BCUT2D eigenvalue weighted by atomic mass is 35.5. The van der Waals surface area contributed by atoms with Crippen molar-refractivity contribution in [3.63, 3.8) is 0 Å². The van der Waals surface area contributed by atoms with Crippen LogP contribution in [0.1, 0.15) is 22.0 Å². The van der Waals surface area contributed by atoms with E-state index in [-0.39, 0.29) is 35.7 Å². The normalized spacial score (nSPS) is 17.4. The molecule has 23 heavy (non-hydrogen) atoms. The van der Waals surface area contributed by atoms with E-state index >= 15 is 0 Å². The first kappa shape index (κ1) is 17.2. The van der Waals surface area contributed by atoms with Gasteiger partial charge >= 0.3 is 0 Å². The van der Waals surface area contributed by atoms with E-state index in [4.69, 9.17) is 0 Å². The van der Waals surface area contributed by atoms with Crippen LogP contribution in [-0.2, 0) is 0 Å². The molecular formula is C16H17ClFN3O2. The fourth-order valence-electron chi connectivity index (χ4n) is 2.70. The molecular weight excluding hydrogens is 321 g/mol. The molecule has 1 fully saturated rings. The summed E-state index contributed by atoms with van der Waals surface area (Å²) >= 11 is 0. The van der Waals surface area contributed by atoms with Crippen LogP contribution in [0.3, 0.4) is 0 Å². The van der Waals surface area contributed by atoms with Crippen LogP contribution in [0.15, 0.2) is 47.4 Å². The Morgan fingerprint density at radius 2 is 2.09 bits per heavy atom. The molecule has 3 rings (SSSR count). The van der Waals surface area contributed by atoms with Crippen LogP contribution in [0.25, 0.3) is 0 Å². The summed E-state index contributed by atoms with van der Waals surface area (Å²) < 4.78 is 13.5. The van der Waals surface area contributed by atoms with Crippen LogP contribution in [0.4, 0.5) is 4.39 Å². The van der Waals surface area contributed by atoms with Gasteiger partial charge in [0, 0.05) is 37.5 Å². The number of carbonyl (C=O) groups is 1. The number of H-pyrrole nitrogens is 1. The van der Waals surface area contributed by atoms with Gasteiger partial charge in [0.25, 0.3) is 5.91 Å². The molecule has 2 heterocycles. The first-order valence-electron chi connectivity index (χ1n) is 7.11. The molecule has 1 aromatic heterocycles. The summed E-state index contributed by atoms with van der Waals surface area (Å²) in [7, 11) is 0. The van der Waals surface area contributed by atoms with Crippen LogP contribution in [0.2, 0.25) is 0 Å². The Bertz CT molecular complexity index is 750. The lowest BCUT2D eigenvalue weighted by atomic mass is 10.0. The summed E-state index contributed by atoms with van der Waals surface area (Å²) in [5.41, 5.74) is 0.765. The van der Waals surface area contributed by atoms with Crippen molar-refractivity contribution in [2.45, 2.75) is 6.04 Å². The van der Waals surface area contributed by atoms with Crippen molar-refractivity contribution < 1.29 is 9.18 Å². The molecule has 0 radical (unpaired) electrons. The zero-order valence-corrected chi connectivity index (χ0v) is 13.1. The highest BCUT2D eigenvalue weighted by Gasteiger charge is 2.28. The van der Waals surface area contributed by atoms with Gasteiger partial charge in [-0.25, -0.2) is 4.39 Å². The predicted molar refractivity (Wildman–Crippen MR) is 87.4 cm³/mol. The van der Waals surface area contributed by atoms with Crippen LogP contribution in [0, 0.1) is 5.82 Å². The van der Waals surface area contributed by atoms with E-state index < -0.39 is 0 Å². The molecule has 0 bridgehead atoms. The maximum Gasteiger partial charge on any atom is 0.254 e. The molecule has 2 aromatic rings. The van der Waals surface area contributed by atoms with Crippen molar-refractivity contribution in [1.29, 1.82) is 0 Å². The van der Waals surface area contributed by atoms with Gasteiger partial charge in [-0.1, -0.05) is 12.1 Å². The Hall–Kier alpha value is -2.18. The van der Waals surface area contributed by atoms with Crippen molar-refractivity contribution in [2.24, 2.45) is 0 Å². The second kappa shape index (κ2) is 7.39. The van der Waals surface area contributed by atoms with E-state index in [9.17, 15) is 14.0 Å². The lowest BCUT2D eigenvalue weighted by Crippen LogP contribution is -2.48. The number of pyridine rings is 1. The first-order valence-corrected chi connectivity index (χ1v) is 7.11. The minimum absolute atomic E-state index is 0. The third-order valence-corrected chi connectivity index (χ3v) is 3.76. The van der Waals surface area contributed by atoms with Crippen LogP contribution in [-0.4, -0.2) is 35.4 Å². The molecule has 1 amide bonds. The SMILES string of the molecule is Cl.O=C(c1cc[nH]c(=O)c1)N1CCNCC1c1cccc(F)c1. The third-order valence-electron chi connectivity index (χ3n) is 3.76. The molecule has 1 aliphatic heterocycles. The number of amides is 1. The summed E-state index contributed by atoms with van der Waals surface area (Å²) in [5.74, 6) is -0.548. The van der Waals surface area contributed by atoms with E-state index in [2.05, 4.69) is 10.3 Å². The molecule has 0 saturated carbocycles. The monoisotopic (exact) mass is 337 g/mol. The predicted octanol–water partition coefficient (Wildman–Crippen LogP) is 1.72. The number of aromatic nitrogens is 1. The second-order valence-electron chi connectivity index (χ2n) is 5.22. The zero-order chi connectivity index (χ0) is 15.5. The summed E-state index contributed by atoms with van der Waals surface area (Å²) in [5, 5.41) is 3.22. The van der Waals surface area contributed by atoms with Gasteiger partial charge in [0.2, 0.25) is 5.56 Å². The highest BCUT2D eigenvalue weighted by molar-refractivity contribution is 5.94. The maximum absolute atomic E-state index is 13.5. The summed E-state index contributed by atoms with van der Waals surface area (Å²) in [6.07, 6.45) is 1.45. The molecule has 122 valence electrons. The molecule has 0 aliphatic carbocycles. The Labute approximate surface area is 138 Å². The van der Waals surface area contributed by atoms with Gasteiger partial charge in [0.15, 0.2) is 0 Å². The Morgan fingerprint density at radius 1 is 1.26 bits per heavy atom. The fourth-order valence-corrected chi connectivity index (χ4v) is 2.70. The lowest BCUT2D eigenvalue weighted by Gasteiger charge is -2.36. The zero-order valence-electron chi connectivity index (χ0n) is 12.3. The van der Waals surface area contributed by atoms with Gasteiger partial charge in [-0.05, 0) is 23.8 Å². The smallest absolute Gasteiger partial charge is 0.254 e. The highest BCUT2D eigenvalue weighted by Crippen LogP contribution is 2.24. The summed E-state index contributed by atoms with van der Waals surface area (Å²) in [6.45, 7) is 1.73. The van der Waals surface area contributed by atoms with E-state index in [1.807, 2.05) is 0 Å². The van der Waals surface area contributed by atoms with Crippen molar-refractivity contribution in [3.8, 4) is 0 Å². The third kappa shape index (κ3) is 3.78. The minimum Gasteiger partial charge on any atom is -0.329 e. The number of nitrogens with zero attached hydrogens (tertiary/aromatic N) is 1. The van der Waals surface area contributed by atoms with Gasteiger partial charge < -0.3 is 15.2 Å². The number of aromatic amines is 1. The molecule has 1 atom stereocenters. The quantitative estimate of drug-likeness (QED) is 0.877. The molecule has 2 N–H and O–H groups in total. The van der Waals surface area contributed by atoms with Gasteiger partial charge in [0.1, 0.15) is 5.82 Å². The first-order chi connectivity index (χ1) is 10.6. The van der Waals surface area contributed by atoms with Crippen molar-refractivity contribution in [1.82, 2.24) is 15.2 Å². The van der Waals surface area contributed by atoms with Crippen LogP contribution < -0.4 is 10.9 Å². The largest absolute Gasteiger partial charge is 0.329 e. The Kier molecular flexibility index (Phi) is 5.52. The number of rotatable bonds is 2. The number of carbonyl (C=O) groups excluding carboxylic acids is 1. The second-order valence-corrected chi connectivity index (χ2v) is 5.22. The number of benzene rings is 1. The fraction of sp³-hybridized carbons (Fsp3) is 0.250. The minimum atomic E-state index is -0.327. The van der Waals surface area contributed by atoms with E-state index in [0.29, 0.717) is 25.2 Å². The van der Waals surface area contributed by atoms with Gasteiger partial charge in [-0.3, -0.25) is 9.59 Å². The van der Waals surface area contributed by atoms with Crippen molar-refractivity contribution in [3.05, 3.63) is 69.9 Å².